The largest absolute Gasteiger partial charge is 0.508 e. The monoisotopic (exact) mass is 306 g/mol. The fourth-order valence-corrected chi connectivity index (χ4v) is 2.67. The number of aromatic hydroxyl groups is 2. The third-order valence-corrected chi connectivity index (χ3v) is 3.84. The van der Waals surface area contributed by atoms with Gasteiger partial charge in [0.15, 0.2) is 0 Å². The molecule has 3 heteroatoms. The molecular formula is C20H18O3. The summed E-state index contributed by atoms with van der Waals surface area (Å²) in [5.41, 5.74) is 3.90. The normalized spacial score (nSPS) is 10.5. The molecule has 0 heterocycles. The molecule has 0 saturated heterocycles. The first kappa shape index (κ1) is 15.0. The molecule has 3 aromatic rings. The van der Waals surface area contributed by atoms with Crippen molar-refractivity contribution in [1.29, 1.82) is 0 Å². The summed E-state index contributed by atoms with van der Waals surface area (Å²) >= 11 is 0. The molecule has 0 aliphatic rings. The number of benzene rings is 3. The maximum atomic E-state index is 10.0. The van der Waals surface area contributed by atoms with Gasteiger partial charge in [0.2, 0.25) is 0 Å². The van der Waals surface area contributed by atoms with Crippen LogP contribution in [-0.2, 0) is 6.42 Å². The van der Waals surface area contributed by atoms with Crippen LogP contribution >= 0.6 is 0 Å². The molecule has 0 spiro atoms. The Labute approximate surface area is 135 Å². The van der Waals surface area contributed by atoms with E-state index < -0.39 is 0 Å². The van der Waals surface area contributed by atoms with Gasteiger partial charge >= 0.3 is 0 Å². The molecule has 0 fully saturated rings. The lowest BCUT2D eigenvalue weighted by Crippen LogP contribution is -1.93. The van der Waals surface area contributed by atoms with Crippen molar-refractivity contribution in [2.45, 2.75) is 6.42 Å². The van der Waals surface area contributed by atoms with Crippen LogP contribution in [0.1, 0.15) is 11.1 Å². The van der Waals surface area contributed by atoms with Crippen LogP contribution < -0.4 is 4.74 Å². The van der Waals surface area contributed by atoms with Crippen LogP contribution in [0.4, 0.5) is 0 Å². The lowest BCUT2D eigenvalue weighted by atomic mass is 9.94. The number of rotatable bonds is 4. The number of ether oxygens (including phenoxy) is 1. The quantitative estimate of drug-likeness (QED) is 0.704. The Morgan fingerprint density at radius 2 is 1.65 bits per heavy atom. The summed E-state index contributed by atoms with van der Waals surface area (Å²) < 4.78 is 5.30. The number of hydrogen-bond donors (Lipinski definition) is 2. The molecule has 0 saturated carbocycles. The highest BCUT2D eigenvalue weighted by Gasteiger charge is 2.09. The van der Waals surface area contributed by atoms with Gasteiger partial charge in [0, 0.05) is 12.0 Å². The highest BCUT2D eigenvalue weighted by atomic mass is 16.5. The minimum atomic E-state index is 0.150. The average Bonchev–Trinajstić information content (AvgIpc) is 2.59. The molecule has 3 aromatic carbocycles. The first-order valence-corrected chi connectivity index (χ1v) is 7.40. The maximum Gasteiger partial charge on any atom is 0.119 e. The minimum Gasteiger partial charge on any atom is -0.508 e. The van der Waals surface area contributed by atoms with Gasteiger partial charge in [-0.3, -0.25) is 0 Å². The molecule has 0 radical (unpaired) electrons. The Kier molecular flexibility index (Phi) is 4.20. The van der Waals surface area contributed by atoms with Gasteiger partial charge in [0.05, 0.1) is 7.11 Å². The van der Waals surface area contributed by atoms with Gasteiger partial charge < -0.3 is 14.9 Å². The second-order valence-electron chi connectivity index (χ2n) is 5.38. The summed E-state index contributed by atoms with van der Waals surface area (Å²) in [6.07, 6.45) is 0.535. The van der Waals surface area contributed by atoms with Crippen molar-refractivity contribution in [2.75, 3.05) is 7.11 Å². The average molecular weight is 306 g/mol. The Hall–Kier alpha value is -2.94. The summed E-state index contributed by atoms with van der Waals surface area (Å²) in [5, 5.41) is 19.7. The van der Waals surface area contributed by atoms with E-state index >= 15 is 0 Å². The van der Waals surface area contributed by atoms with E-state index in [0.29, 0.717) is 12.0 Å². The van der Waals surface area contributed by atoms with Crippen molar-refractivity contribution in [2.24, 2.45) is 0 Å². The van der Waals surface area contributed by atoms with Crippen molar-refractivity contribution in [3.05, 3.63) is 77.9 Å². The third kappa shape index (κ3) is 3.29. The molecule has 116 valence electrons. The second-order valence-corrected chi connectivity index (χ2v) is 5.38. The third-order valence-electron chi connectivity index (χ3n) is 3.84. The zero-order valence-corrected chi connectivity index (χ0v) is 12.9. The molecule has 0 aliphatic heterocycles. The highest BCUT2D eigenvalue weighted by Crippen LogP contribution is 2.31. The molecule has 2 N–H and O–H groups in total. The van der Waals surface area contributed by atoms with Gasteiger partial charge in [0.1, 0.15) is 17.2 Å². The van der Waals surface area contributed by atoms with Crippen LogP contribution in [-0.4, -0.2) is 17.3 Å². The van der Waals surface area contributed by atoms with Crippen LogP contribution in [0, 0.1) is 0 Å². The summed E-state index contributed by atoms with van der Waals surface area (Å²) in [5.74, 6) is 1.14. The lowest BCUT2D eigenvalue weighted by Gasteiger charge is -2.12. The molecule has 0 bridgehead atoms. The van der Waals surface area contributed by atoms with E-state index in [9.17, 15) is 10.2 Å². The van der Waals surface area contributed by atoms with E-state index in [2.05, 4.69) is 0 Å². The van der Waals surface area contributed by atoms with Gasteiger partial charge in [0.25, 0.3) is 0 Å². The van der Waals surface area contributed by atoms with Crippen LogP contribution in [0.25, 0.3) is 11.1 Å². The number of phenolic OH excluding ortho intramolecular Hbond substituents is 2. The van der Waals surface area contributed by atoms with E-state index in [1.165, 1.54) is 12.1 Å². The zero-order chi connectivity index (χ0) is 16.2. The van der Waals surface area contributed by atoms with E-state index in [-0.39, 0.29) is 11.5 Å². The first-order valence-electron chi connectivity index (χ1n) is 7.40. The smallest absolute Gasteiger partial charge is 0.119 e. The Morgan fingerprint density at radius 1 is 0.826 bits per heavy atom. The summed E-state index contributed by atoms with van der Waals surface area (Å²) in [7, 11) is 1.65. The molecule has 0 aliphatic carbocycles. The number of hydrogen-bond acceptors (Lipinski definition) is 3. The molecule has 3 rings (SSSR count). The van der Waals surface area contributed by atoms with Gasteiger partial charge in [-0.05, 0) is 47.0 Å². The van der Waals surface area contributed by atoms with E-state index in [1.54, 1.807) is 13.2 Å². The first-order chi connectivity index (χ1) is 11.2. The van der Waals surface area contributed by atoms with E-state index in [1.807, 2.05) is 48.5 Å². The van der Waals surface area contributed by atoms with Crippen molar-refractivity contribution >= 4 is 0 Å². The van der Waals surface area contributed by atoms with Crippen LogP contribution in [0.15, 0.2) is 66.7 Å². The topological polar surface area (TPSA) is 49.7 Å². The Morgan fingerprint density at radius 3 is 2.48 bits per heavy atom. The summed E-state index contributed by atoms with van der Waals surface area (Å²) in [4.78, 5) is 0. The fraction of sp³-hybridized carbons (Fsp3) is 0.100. The summed E-state index contributed by atoms with van der Waals surface area (Å²) in [6.45, 7) is 0. The predicted molar refractivity (Wildman–Crippen MR) is 91.0 cm³/mol. The van der Waals surface area contributed by atoms with Gasteiger partial charge in [-0.1, -0.05) is 36.4 Å². The van der Waals surface area contributed by atoms with Crippen LogP contribution in [0.5, 0.6) is 17.2 Å². The highest BCUT2D eigenvalue weighted by molar-refractivity contribution is 5.69. The van der Waals surface area contributed by atoms with Crippen molar-refractivity contribution < 1.29 is 14.9 Å². The molecule has 0 unspecified atom stereocenters. The molecule has 23 heavy (non-hydrogen) atoms. The standard InChI is InChI=1S/C20H18O3/c1-23-18-7-4-6-15(13-18)19-8-3-2-5-14(19)11-16-12-17(21)9-10-20(16)22/h2-10,12-13,21-22H,11H2,1H3. The maximum absolute atomic E-state index is 10.0. The van der Waals surface area contributed by atoms with E-state index in [4.69, 9.17) is 4.74 Å². The van der Waals surface area contributed by atoms with E-state index in [0.717, 1.165) is 22.4 Å². The van der Waals surface area contributed by atoms with Crippen molar-refractivity contribution in [1.82, 2.24) is 0 Å². The summed E-state index contributed by atoms with van der Waals surface area (Å²) in [6, 6.07) is 20.5. The zero-order valence-electron chi connectivity index (χ0n) is 12.9. The minimum absolute atomic E-state index is 0.150. The molecular weight excluding hydrogens is 288 g/mol. The SMILES string of the molecule is COc1cccc(-c2ccccc2Cc2cc(O)ccc2O)c1. The van der Waals surface area contributed by atoms with Gasteiger partial charge in [-0.15, -0.1) is 0 Å². The number of methoxy groups -OCH3 is 1. The molecule has 3 nitrogen and oxygen atoms in total. The fourth-order valence-electron chi connectivity index (χ4n) is 2.67. The van der Waals surface area contributed by atoms with Gasteiger partial charge in [-0.25, -0.2) is 0 Å². The molecule has 0 aromatic heterocycles. The Balaban J connectivity index is 2.02. The van der Waals surface area contributed by atoms with Crippen LogP contribution in [0.3, 0.4) is 0 Å². The molecule has 0 atom stereocenters. The van der Waals surface area contributed by atoms with Crippen molar-refractivity contribution in [3.8, 4) is 28.4 Å². The predicted octanol–water partition coefficient (Wildman–Crippen LogP) is 4.36. The lowest BCUT2D eigenvalue weighted by molar-refractivity contribution is 0.415. The van der Waals surface area contributed by atoms with Gasteiger partial charge in [-0.2, -0.15) is 0 Å². The Bertz CT molecular complexity index is 825. The van der Waals surface area contributed by atoms with Crippen LogP contribution in [0.2, 0.25) is 0 Å². The second kappa shape index (κ2) is 6.44. The van der Waals surface area contributed by atoms with Crippen molar-refractivity contribution in [3.63, 3.8) is 0 Å². The molecule has 0 amide bonds. The number of phenols is 2.